The molecular formula is C33H31NO4S. The number of aromatic carboxylic acids is 1. The number of nitrogens with zero attached hydrogens (tertiary/aromatic N) is 1. The summed E-state index contributed by atoms with van der Waals surface area (Å²) in [5, 5.41) is 12.6. The Bertz CT molecular complexity index is 1720. The van der Waals surface area contributed by atoms with E-state index in [4.69, 9.17) is 4.74 Å². The molecule has 0 unspecified atom stereocenters. The molecule has 0 aliphatic heterocycles. The molecule has 1 saturated carbocycles. The molecule has 0 spiro atoms. The molecule has 1 aliphatic rings. The molecule has 5 aromatic rings. The average Bonchev–Trinajstić information content (AvgIpc) is 3.69. The maximum Gasteiger partial charge on any atom is 0.354 e. The summed E-state index contributed by atoms with van der Waals surface area (Å²) >= 11 is 1.41. The van der Waals surface area contributed by atoms with Crippen molar-refractivity contribution in [3.63, 3.8) is 0 Å². The zero-order chi connectivity index (χ0) is 26.9. The zero-order valence-electron chi connectivity index (χ0n) is 22.0. The van der Waals surface area contributed by atoms with Gasteiger partial charge >= 0.3 is 5.97 Å². The number of fused-ring (bicyclic) bond motifs is 2. The Morgan fingerprint density at radius 2 is 1.77 bits per heavy atom. The van der Waals surface area contributed by atoms with Crippen LogP contribution in [0.15, 0.2) is 77.6 Å². The van der Waals surface area contributed by atoms with Gasteiger partial charge in [0.15, 0.2) is 5.69 Å². The summed E-state index contributed by atoms with van der Waals surface area (Å²) in [6.45, 7) is 2.82. The molecule has 0 bridgehead atoms. The topological polar surface area (TPSA) is 68.0 Å². The largest absolute Gasteiger partial charge is 0.494 e. The number of carbonyl (C=O) groups is 1. The van der Waals surface area contributed by atoms with Crippen molar-refractivity contribution in [3.05, 3.63) is 106 Å². The number of ether oxygens (including phenoxy) is 1. The van der Waals surface area contributed by atoms with E-state index in [1.807, 2.05) is 36.4 Å². The average molecular weight is 538 g/mol. The third kappa shape index (κ3) is 4.97. The molecule has 0 saturated heterocycles. The molecule has 2 aromatic heterocycles. The highest BCUT2D eigenvalue weighted by Crippen LogP contribution is 2.47. The number of rotatable bonds is 10. The van der Waals surface area contributed by atoms with E-state index >= 15 is 0 Å². The summed E-state index contributed by atoms with van der Waals surface area (Å²) < 4.78 is 7.28. The molecule has 198 valence electrons. The quantitative estimate of drug-likeness (QED) is 0.184. The number of carboxylic acids is 1. The van der Waals surface area contributed by atoms with Gasteiger partial charge in [0, 0.05) is 6.07 Å². The van der Waals surface area contributed by atoms with Crippen LogP contribution < -0.4 is 10.3 Å². The predicted molar refractivity (Wildman–Crippen MR) is 158 cm³/mol. The maximum atomic E-state index is 13.5. The van der Waals surface area contributed by atoms with E-state index in [1.54, 1.807) is 6.07 Å². The van der Waals surface area contributed by atoms with Crippen molar-refractivity contribution in [2.45, 2.75) is 51.4 Å². The first-order chi connectivity index (χ1) is 19.0. The number of thiazole rings is 1. The van der Waals surface area contributed by atoms with Crippen LogP contribution in [0.2, 0.25) is 0 Å². The van der Waals surface area contributed by atoms with Crippen LogP contribution in [-0.4, -0.2) is 22.1 Å². The van der Waals surface area contributed by atoms with Crippen molar-refractivity contribution in [1.29, 1.82) is 0 Å². The smallest absolute Gasteiger partial charge is 0.354 e. The Labute approximate surface area is 231 Å². The molecule has 0 radical (unpaired) electrons. The molecule has 6 heteroatoms. The van der Waals surface area contributed by atoms with Crippen LogP contribution in [0.4, 0.5) is 0 Å². The lowest BCUT2D eigenvalue weighted by molar-refractivity contribution is 0.0690. The molecule has 5 nitrogen and oxygen atoms in total. The predicted octanol–water partition coefficient (Wildman–Crippen LogP) is 7.92. The van der Waals surface area contributed by atoms with Gasteiger partial charge < -0.3 is 9.84 Å². The van der Waals surface area contributed by atoms with E-state index in [2.05, 4.69) is 37.3 Å². The van der Waals surface area contributed by atoms with Crippen molar-refractivity contribution < 1.29 is 14.6 Å². The lowest BCUT2D eigenvalue weighted by Gasteiger charge is -2.13. The van der Waals surface area contributed by atoms with Gasteiger partial charge in [-0.25, -0.2) is 4.79 Å². The summed E-state index contributed by atoms with van der Waals surface area (Å²) in [5.41, 5.74) is 3.81. The highest BCUT2D eigenvalue weighted by molar-refractivity contribution is 7.21. The zero-order valence-corrected chi connectivity index (χ0v) is 22.8. The molecule has 1 N–H and O–H groups in total. The summed E-state index contributed by atoms with van der Waals surface area (Å²) in [6, 6.07) is 23.8. The van der Waals surface area contributed by atoms with Gasteiger partial charge in [-0.15, -0.1) is 11.3 Å². The highest BCUT2D eigenvalue weighted by Gasteiger charge is 2.32. The van der Waals surface area contributed by atoms with Gasteiger partial charge in [-0.05, 0) is 88.9 Å². The SMILES string of the molecule is CCCCCOc1ccc(-c2sc3c(C4CC4)c(Cc4cccc5ccccc45)cc(=O)n3c2C(=O)O)cc1. The van der Waals surface area contributed by atoms with Crippen LogP contribution in [0, 0.1) is 0 Å². The van der Waals surface area contributed by atoms with E-state index in [9.17, 15) is 14.7 Å². The number of unbranched alkanes of at least 4 members (excludes halogenated alkanes) is 2. The van der Waals surface area contributed by atoms with E-state index in [-0.39, 0.29) is 11.3 Å². The first-order valence-corrected chi connectivity index (χ1v) is 14.5. The van der Waals surface area contributed by atoms with Crippen LogP contribution >= 0.6 is 11.3 Å². The molecule has 1 fully saturated rings. The summed E-state index contributed by atoms with van der Waals surface area (Å²) in [6.07, 6.45) is 6.01. The van der Waals surface area contributed by atoms with Crippen LogP contribution in [0.1, 0.15) is 72.1 Å². The van der Waals surface area contributed by atoms with Crippen molar-refractivity contribution in [2.75, 3.05) is 6.61 Å². The Morgan fingerprint density at radius 3 is 2.51 bits per heavy atom. The molecule has 0 amide bonds. The van der Waals surface area contributed by atoms with E-state index < -0.39 is 5.97 Å². The summed E-state index contributed by atoms with van der Waals surface area (Å²) in [4.78, 5) is 27.4. The van der Waals surface area contributed by atoms with Crippen LogP contribution in [0.5, 0.6) is 5.75 Å². The molecular weight excluding hydrogens is 506 g/mol. The Morgan fingerprint density at radius 1 is 1.00 bits per heavy atom. The summed E-state index contributed by atoms with van der Waals surface area (Å²) in [5.74, 6) is 0.0143. The van der Waals surface area contributed by atoms with Crippen LogP contribution in [-0.2, 0) is 6.42 Å². The van der Waals surface area contributed by atoms with Crippen molar-refractivity contribution in [3.8, 4) is 16.2 Å². The van der Waals surface area contributed by atoms with Gasteiger partial charge in [0.2, 0.25) is 0 Å². The van der Waals surface area contributed by atoms with Crippen LogP contribution in [0.3, 0.4) is 0 Å². The maximum absolute atomic E-state index is 13.5. The lowest BCUT2D eigenvalue weighted by atomic mass is 9.95. The van der Waals surface area contributed by atoms with E-state index in [0.717, 1.165) is 59.4 Å². The van der Waals surface area contributed by atoms with Crippen molar-refractivity contribution in [1.82, 2.24) is 4.40 Å². The second-order valence-corrected chi connectivity index (χ2v) is 11.3. The van der Waals surface area contributed by atoms with Gasteiger partial charge in [0.05, 0.1) is 11.5 Å². The molecule has 0 atom stereocenters. The van der Waals surface area contributed by atoms with Crippen molar-refractivity contribution in [2.24, 2.45) is 0 Å². The minimum atomic E-state index is -1.10. The number of benzene rings is 3. The molecule has 39 heavy (non-hydrogen) atoms. The number of aromatic nitrogens is 1. The first-order valence-electron chi connectivity index (χ1n) is 13.7. The summed E-state index contributed by atoms with van der Waals surface area (Å²) in [7, 11) is 0. The third-order valence-electron chi connectivity index (χ3n) is 7.52. The fourth-order valence-electron chi connectivity index (χ4n) is 5.45. The van der Waals surface area contributed by atoms with Gasteiger partial charge in [-0.2, -0.15) is 0 Å². The van der Waals surface area contributed by atoms with Gasteiger partial charge in [-0.1, -0.05) is 62.2 Å². The minimum Gasteiger partial charge on any atom is -0.494 e. The lowest BCUT2D eigenvalue weighted by Crippen LogP contribution is -2.19. The van der Waals surface area contributed by atoms with Gasteiger partial charge in [0.25, 0.3) is 5.56 Å². The molecule has 6 rings (SSSR count). The fraction of sp³-hybridized carbons (Fsp3) is 0.273. The molecule has 3 aromatic carbocycles. The number of hydrogen-bond donors (Lipinski definition) is 1. The second kappa shape index (κ2) is 10.7. The second-order valence-electron chi connectivity index (χ2n) is 10.3. The number of hydrogen-bond acceptors (Lipinski definition) is 4. The molecule has 1 aliphatic carbocycles. The molecule has 2 heterocycles. The third-order valence-corrected chi connectivity index (χ3v) is 8.75. The number of carboxylic acid groups (broad SMARTS) is 1. The van der Waals surface area contributed by atoms with Gasteiger partial charge in [0.1, 0.15) is 10.6 Å². The Kier molecular flexibility index (Phi) is 6.96. The van der Waals surface area contributed by atoms with E-state index in [0.29, 0.717) is 23.8 Å². The standard InChI is InChI=1S/C33H31NO4S/c1-2-3-6-18-38-26-16-14-23(15-17-26)31-30(33(36)37)34-28(35)20-25(29(22-12-13-22)32(34)39-31)19-24-10-7-9-21-8-4-5-11-27(21)24/h4-5,7-11,14-17,20,22H,2-3,6,12-13,18-19H2,1H3,(H,36,37). The van der Waals surface area contributed by atoms with Crippen LogP contribution in [0.25, 0.3) is 26.0 Å². The minimum absolute atomic E-state index is 0.0372. The number of pyridine rings is 1. The highest BCUT2D eigenvalue weighted by atomic mass is 32.1. The fourth-order valence-corrected chi connectivity index (χ4v) is 6.85. The Balaban J connectivity index is 1.45. The normalized spacial score (nSPS) is 13.3. The monoisotopic (exact) mass is 537 g/mol. The van der Waals surface area contributed by atoms with Gasteiger partial charge in [-0.3, -0.25) is 9.20 Å². The first kappa shape index (κ1) is 25.4. The van der Waals surface area contributed by atoms with E-state index in [1.165, 1.54) is 32.1 Å². The Hall–Kier alpha value is -3.90. The van der Waals surface area contributed by atoms with Crippen molar-refractivity contribution >= 4 is 32.9 Å².